The van der Waals surface area contributed by atoms with Gasteiger partial charge in [-0.05, 0) is 35.2 Å². The number of nitrogens with zero attached hydrogens (tertiary/aromatic N) is 3. The molecule has 2 amide bonds. The van der Waals surface area contributed by atoms with E-state index in [1.807, 2.05) is 48.5 Å². The number of urea groups is 1. The van der Waals surface area contributed by atoms with E-state index in [4.69, 9.17) is 0 Å². The Morgan fingerprint density at radius 1 is 1.12 bits per heavy atom. The van der Waals surface area contributed by atoms with Gasteiger partial charge in [0.15, 0.2) is 0 Å². The molecule has 2 aromatic carbocycles. The van der Waals surface area contributed by atoms with Crippen LogP contribution in [-0.4, -0.2) is 21.4 Å². The summed E-state index contributed by atoms with van der Waals surface area (Å²) < 4.78 is 5.84. The van der Waals surface area contributed by atoms with E-state index in [0.717, 1.165) is 22.2 Å². The van der Waals surface area contributed by atoms with Crippen molar-refractivity contribution in [3.63, 3.8) is 0 Å². The summed E-state index contributed by atoms with van der Waals surface area (Å²) in [6.45, 7) is 0. The SMILES string of the molecule is Cn1c(=O)n(C)c2cc(/C=N/NC(=O)NSCc3ccccc3)ccc21. The number of carbonyl (C=O) groups excluding carboxylic acids is 1. The fraction of sp³-hybridized carbons (Fsp3) is 0.167. The van der Waals surface area contributed by atoms with Gasteiger partial charge < -0.3 is 0 Å². The number of benzene rings is 2. The summed E-state index contributed by atoms with van der Waals surface area (Å²) >= 11 is 1.29. The Morgan fingerprint density at radius 2 is 1.85 bits per heavy atom. The Hall–Kier alpha value is -3.00. The summed E-state index contributed by atoms with van der Waals surface area (Å²) in [6, 6.07) is 15.0. The van der Waals surface area contributed by atoms with Crippen molar-refractivity contribution in [1.29, 1.82) is 0 Å². The van der Waals surface area contributed by atoms with Crippen LogP contribution in [0.5, 0.6) is 0 Å². The number of fused-ring (bicyclic) bond motifs is 1. The fourth-order valence-electron chi connectivity index (χ4n) is 2.55. The average Bonchev–Trinajstić information content (AvgIpc) is 2.87. The molecule has 2 N–H and O–H groups in total. The summed E-state index contributed by atoms with van der Waals surface area (Å²) in [5.41, 5.74) is 5.91. The van der Waals surface area contributed by atoms with Crippen molar-refractivity contribution >= 4 is 35.2 Å². The van der Waals surface area contributed by atoms with Gasteiger partial charge in [0.05, 0.1) is 17.2 Å². The number of carbonyl (C=O) groups is 1. The number of imidazole rings is 1. The molecular formula is C18H19N5O2S. The van der Waals surface area contributed by atoms with Crippen LogP contribution in [0.2, 0.25) is 0 Å². The summed E-state index contributed by atoms with van der Waals surface area (Å²) in [4.78, 5) is 23.7. The monoisotopic (exact) mass is 369 g/mol. The van der Waals surface area contributed by atoms with Gasteiger partial charge in [-0.25, -0.2) is 15.0 Å². The van der Waals surface area contributed by atoms with Crippen molar-refractivity contribution in [1.82, 2.24) is 19.3 Å². The third kappa shape index (κ3) is 3.97. The van der Waals surface area contributed by atoms with Gasteiger partial charge in [0, 0.05) is 19.8 Å². The van der Waals surface area contributed by atoms with Crippen molar-refractivity contribution < 1.29 is 4.79 Å². The lowest BCUT2D eigenvalue weighted by Crippen LogP contribution is -2.27. The number of hydrogen-bond donors (Lipinski definition) is 2. The van der Waals surface area contributed by atoms with Gasteiger partial charge in [0.1, 0.15) is 0 Å². The van der Waals surface area contributed by atoms with Gasteiger partial charge in [-0.15, -0.1) is 0 Å². The highest BCUT2D eigenvalue weighted by molar-refractivity contribution is 7.97. The van der Waals surface area contributed by atoms with Gasteiger partial charge >= 0.3 is 11.7 Å². The molecule has 0 fully saturated rings. The van der Waals surface area contributed by atoms with Crippen molar-refractivity contribution in [2.75, 3.05) is 0 Å². The topological polar surface area (TPSA) is 80.4 Å². The molecule has 26 heavy (non-hydrogen) atoms. The van der Waals surface area contributed by atoms with Gasteiger partial charge in [-0.3, -0.25) is 13.9 Å². The fourth-order valence-corrected chi connectivity index (χ4v) is 3.16. The first-order valence-electron chi connectivity index (χ1n) is 7.96. The Kier molecular flexibility index (Phi) is 5.43. The second-order valence-electron chi connectivity index (χ2n) is 5.72. The van der Waals surface area contributed by atoms with Crippen molar-refractivity contribution in [3.8, 4) is 0 Å². The average molecular weight is 369 g/mol. The van der Waals surface area contributed by atoms with Crippen molar-refractivity contribution in [2.45, 2.75) is 5.75 Å². The molecule has 0 radical (unpaired) electrons. The normalized spacial score (nSPS) is 11.2. The third-order valence-electron chi connectivity index (χ3n) is 3.92. The minimum absolute atomic E-state index is 0.0815. The van der Waals surface area contributed by atoms with E-state index in [0.29, 0.717) is 5.75 Å². The third-order valence-corrected chi connectivity index (χ3v) is 4.73. The van der Waals surface area contributed by atoms with E-state index >= 15 is 0 Å². The first-order chi connectivity index (χ1) is 12.6. The first-order valence-corrected chi connectivity index (χ1v) is 8.95. The second-order valence-corrected chi connectivity index (χ2v) is 6.51. The Labute approximate surface area is 154 Å². The maximum Gasteiger partial charge on any atom is 0.345 e. The molecule has 0 aliphatic rings. The molecule has 0 spiro atoms. The molecule has 0 saturated carbocycles. The van der Waals surface area contributed by atoms with Crippen LogP contribution in [0, 0.1) is 0 Å². The largest absolute Gasteiger partial charge is 0.345 e. The highest BCUT2D eigenvalue weighted by atomic mass is 32.2. The molecule has 3 aromatic rings. The van der Waals surface area contributed by atoms with Gasteiger partial charge in [-0.1, -0.05) is 36.4 Å². The zero-order chi connectivity index (χ0) is 18.5. The Balaban J connectivity index is 1.55. The predicted molar refractivity (Wildman–Crippen MR) is 105 cm³/mol. The number of hydrogen-bond acceptors (Lipinski definition) is 4. The number of aryl methyl sites for hydroxylation is 2. The van der Waals surface area contributed by atoms with Crippen LogP contribution in [0.3, 0.4) is 0 Å². The van der Waals surface area contributed by atoms with Crippen LogP contribution in [0.1, 0.15) is 11.1 Å². The maximum atomic E-state index is 11.9. The van der Waals surface area contributed by atoms with Crippen LogP contribution in [-0.2, 0) is 19.8 Å². The van der Waals surface area contributed by atoms with Gasteiger partial charge in [-0.2, -0.15) is 5.10 Å². The number of hydrazone groups is 1. The van der Waals surface area contributed by atoms with E-state index in [9.17, 15) is 9.59 Å². The lowest BCUT2D eigenvalue weighted by atomic mass is 10.2. The molecule has 0 aliphatic heterocycles. The first kappa shape index (κ1) is 17.8. The van der Waals surface area contributed by atoms with E-state index in [1.165, 1.54) is 11.9 Å². The molecular weight excluding hydrogens is 350 g/mol. The second kappa shape index (κ2) is 7.92. The summed E-state index contributed by atoms with van der Waals surface area (Å²) in [6.07, 6.45) is 1.54. The van der Waals surface area contributed by atoms with Gasteiger partial charge in [0.2, 0.25) is 0 Å². The van der Waals surface area contributed by atoms with E-state index in [2.05, 4.69) is 15.2 Å². The summed E-state index contributed by atoms with van der Waals surface area (Å²) in [5, 5.41) is 3.94. The van der Waals surface area contributed by atoms with Crippen LogP contribution in [0.15, 0.2) is 58.4 Å². The molecule has 1 heterocycles. The van der Waals surface area contributed by atoms with E-state index < -0.39 is 6.03 Å². The molecule has 0 aliphatic carbocycles. The minimum atomic E-state index is -0.393. The van der Waals surface area contributed by atoms with E-state index in [-0.39, 0.29) is 5.69 Å². The number of aromatic nitrogens is 2. The van der Waals surface area contributed by atoms with Gasteiger partial charge in [0.25, 0.3) is 0 Å². The van der Waals surface area contributed by atoms with Crippen molar-refractivity contribution in [2.24, 2.45) is 19.2 Å². The zero-order valence-electron chi connectivity index (χ0n) is 14.5. The lowest BCUT2D eigenvalue weighted by Gasteiger charge is -2.03. The Bertz CT molecular complexity index is 1010. The zero-order valence-corrected chi connectivity index (χ0v) is 15.3. The molecule has 0 atom stereocenters. The maximum absolute atomic E-state index is 11.9. The molecule has 8 heteroatoms. The van der Waals surface area contributed by atoms with E-state index in [1.54, 1.807) is 29.4 Å². The molecule has 134 valence electrons. The minimum Gasteiger partial charge on any atom is -0.295 e. The quantitative estimate of drug-likeness (QED) is 0.412. The highest BCUT2D eigenvalue weighted by Crippen LogP contribution is 2.12. The van der Waals surface area contributed by atoms with Crippen LogP contribution in [0.4, 0.5) is 4.79 Å². The standard InChI is InChI=1S/C18H19N5O2S/c1-22-15-9-8-14(10-16(15)23(2)18(22)25)11-19-20-17(24)21-26-12-13-6-4-3-5-7-13/h3-11H,12H2,1-2H3,(H2,20,21,24)/b19-11+. The number of amides is 2. The van der Waals surface area contributed by atoms with Crippen LogP contribution < -0.4 is 15.8 Å². The number of rotatable bonds is 5. The van der Waals surface area contributed by atoms with Crippen LogP contribution in [0.25, 0.3) is 11.0 Å². The molecule has 1 aromatic heterocycles. The van der Waals surface area contributed by atoms with Crippen LogP contribution >= 0.6 is 11.9 Å². The molecule has 0 bridgehead atoms. The molecule has 0 unspecified atom stereocenters. The summed E-state index contributed by atoms with van der Waals surface area (Å²) in [7, 11) is 3.46. The molecule has 0 saturated heterocycles. The smallest absolute Gasteiger partial charge is 0.295 e. The lowest BCUT2D eigenvalue weighted by molar-refractivity contribution is 0.247. The molecule has 7 nitrogen and oxygen atoms in total. The molecule has 3 rings (SSSR count). The Morgan fingerprint density at radius 3 is 2.62 bits per heavy atom. The van der Waals surface area contributed by atoms with Crippen molar-refractivity contribution in [3.05, 3.63) is 70.1 Å². The highest BCUT2D eigenvalue weighted by Gasteiger charge is 2.07. The predicted octanol–water partition coefficient (Wildman–Crippen LogP) is 2.36. The summed E-state index contributed by atoms with van der Waals surface area (Å²) in [5.74, 6) is 0.677. The number of nitrogens with one attached hydrogen (secondary N) is 2.